The second-order valence-corrected chi connectivity index (χ2v) is 4.66. The average Bonchev–Trinajstić information content (AvgIpc) is 2.27. The summed E-state index contributed by atoms with van der Waals surface area (Å²) in [5, 5.41) is 14.6. The minimum absolute atomic E-state index is 0.0501. The molecule has 1 heterocycles. The standard InChI is InChI=1S/C12H16ClN3O3/c1-7(2)15-11(17)3-4-14-10-6-8(12(18)19)5-9(13)16-10/h5-7H,3-4H2,1-2H3,(H,14,16)(H,15,17)(H,18,19). The lowest BCUT2D eigenvalue weighted by Gasteiger charge is -2.09. The summed E-state index contributed by atoms with van der Waals surface area (Å²) < 4.78 is 0. The molecule has 0 aliphatic carbocycles. The molecule has 1 aromatic rings. The third kappa shape index (κ3) is 5.56. The molecule has 0 aromatic carbocycles. The zero-order valence-corrected chi connectivity index (χ0v) is 11.5. The predicted octanol–water partition coefficient (Wildman–Crippen LogP) is 1.76. The molecule has 0 radical (unpaired) electrons. The number of amides is 1. The Labute approximate surface area is 116 Å². The van der Waals surface area contributed by atoms with E-state index in [0.717, 1.165) is 0 Å². The summed E-state index contributed by atoms with van der Waals surface area (Å²) in [5.41, 5.74) is 0.0501. The first-order valence-corrected chi connectivity index (χ1v) is 6.20. The van der Waals surface area contributed by atoms with Gasteiger partial charge in [-0.05, 0) is 26.0 Å². The first kappa shape index (κ1) is 15.2. The van der Waals surface area contributed by atoms with Gasteiger partial charge in [0.2, 0.25) is 5.91 Å². The van der Waals surface area contributed by atoms with Gasteiger partial charge in [0, 0.05) is 19.0 Å². The van der Waals surface area contributed by atoms with Crippen molar-refractivity contribution in [2.24, 2.45) is 0 Å². The third-order valence-electron chi connectivity index (χ3n) is 2.15. The van der Waals surface area contributed by atoms with Crippen molar-refractivity contribution in [3.05, 3.63) is 22.8 Å². The van der Waals surface area contributed by atoms with Gasteiger partial charge < -0.3 is 15.7 Å². The number of rotatable bonds is 6. The maximum Gasteiger partial charge on any atom is 0.335 e. The summed E-state index contributed by atoms with van der Waals surface area (Å²) >= 11 is 5.71. The Balaban J connectivity index is 2.54. The van der Waals surface area contributed by atoms with Crippen LogP contribution >= 0.6 is 11.6 Å². The maximum absolute atomic E-state index is 11.4. The van der Waals surface area contributed by atoms with Gasteiger partial charge in [0.05, 0.1) is 5.56 Å². The molecule has 0 fully saturated rings. The number of anilines is 1. The maximum atomic E-state index is 11.4. The number of hydrogen-bond acceptors (Lipinski definition) is 4. The minimum atomic E-state index is -1.08. The molecule has 0 atom stereocenters. The molecule has 0 aliphatic heterocycles. The largest absolute Gasteiger partial charge is 0.478 e. The Bertz CT molecular complexity index is 477. The molecular formula is C12H16ClN3O3. The molecule has 0 unspecified atom stereocenters. The highest BCUT2D eigenvalue weighted by atomic mass is 35.5. The van der Waals surface area contributed by atoms with Gasteiger partial charge in [-0.1, -0.05) is 11.6 Å². The molecule has 0 bridgehead atoms. The highest BCUT2D eigenvalue weighted by Crippen LogP contribution is 2.14. The Morgan fingerprint density at radius 3 is 2.68 bits per heavy atom. The topological polar surface area (TPSA) is 91.3 Å². The van der Waals surface area contributed by atoms with Crippen molar-refractivity contribution >= 4 is 29.3 Å². The number of nitrogens with one attached hydrogen (secondary N) is 2. The monoisotopic (exact) mass is 285 g/mol. The second-order valence-electron chi connectivity index (χ2n) is 4.27. The number of carbonyl (C=O) groups excluding carboxylic acids is 1. The van der Waals surface area contributed by atoms with Crippen molar-refractivity contribution in [1.29, 1.82) is 0 Å². The molecule has 0 spiro atoms. The van der Waals surface area contributed by atoms with Crippen LogP contribution in [0.25, 0.3) is 0 Å². The fraction of sp³-hybridized carbons (Fsp3) is 0.417. The summed E-state index contributed by atoms with van der Waals surface area (Å²) in [7, 11) is 0. The molecule has 0 saturated heterocycles. The van der Waals surface area contributed by atoms with Crippen molar-refractivity contribution in [2.75, 3.05) is 11.9 Å². The number of hydrogen-bond donors (Lipinski definition) is 3. The average molecular weight is 286 g/mol. The van der Waals surface area contributed by atoms with Crippen LogP contribution < -0.4 is 10.6 Å². The van der Waals surface area contributed by atoms with E-state index in [4.69, 9.17) is 16.7 Å². The van der Waals surface area contributed by atoms with Crippen LogP contribution in [-0.2, 0) is 4.79 Å². The van der Waals surface area contributed by atoms with Gasteiger partial charge in [-0.15, -0.1) is 0 Å². The predicted molar refractivity (Wildman–Crippen MR) is 72.6 cm³/mol. The number of carboxylic acids is 1. The summed E-state index contributed by atoms with van der Waals surface area (Å²) in [6.07, 6.45) is 0.273. The molecule has 7 heteroatoms. The van der Waals surface area contributed by atoms with Gasteiger partial charge in [0.1, 0.15) is 11.0 Å². The Kier molecular flexibility index (Phi) is 5.57. The smallest absolute Gasteiger partial charge is 0.335 e. The highest BCUT2D eigenvalue weighted by Gasteiger charge is 2.08. The van der Waals surface area contributed by atoms with Crippen molar-refractivity contribution in [1.82, 2.24) is 10.3 Å². The lowest BCUT2D eigenvalue weighted by atomic mass is 10.2. The van der Waals surface area contributed by atoms with E-state index >= 15 is 0 Å². The van der Waals surface area contributed by atoms with Crippen LogP contribution in [0.4, 0.5) is 5.82 Å². The third-order valence-corrected chi connectivity index (χ3v) is 2.34. The van der Waals surface area contributed by atoms with Gasteiger partial charge in [0.15, 0.2) is 0 Å². The molecule has 3 N–H and O–H groups in total. The number of aromatic nitrogens is 1. The fourth-order valence-corrected chi connectivity index (χ4v) is 1.62. The molecule has 0 saturated carbocycles. The summed E-state index contributed by atoms with van der Waals surface area (Å²) in [4.78, 5) is 26.2. The molecule has 1 amide bonds. The van der Waals surface area contributed by atoms with Crippen molar-refractivity contribution in [2.45, 2.75) is 26.3 Å². The number of carboxylic acid groups (broad SMARTS) is 1. The molecule has 19 heavy (non-hydrogen) atoms. The summed E-state index contributed by atoms with van der Waals surface area (Å²) in [6.45, 7) is 4.11. The van der Waals surface area contributed by atoms with E-state index in [1.807, 2.05) is 13.8 Å². The lowest BCUT2D eigenvalue weighted by Crippen LogP contribution is -2.31. The molecule has 104 valence electrons. The summed E-state index contributed by atoms with van der Waals surface area (Å²) in [5.74, 6) is -0.824. The number of nitrogens with zero attached hydrogens (tertiary/aromatic N) is 1. The van der Waals surface area contributed by atoms with Crippen LogP contribution in [0.2, 0.25) is 5.15 Å². The van der Waals surface area contributed by atoms with Crippen LogP contribution in [0.5, 0.6) is 0 Å². The minimum Gasteiger partial charge on any atom is -0.478 e. The quantitative estimate of drug-likeness (QED) is 0.693. The van der Waals surface area contributed by atoms with Gasteiger partial charge >= 0.3 is 5.97 Å². The zero-order valence-electron chi connectivity index (χ0n) is 10.7. The second kappa shape index (κ2) is 6.94. The molecular weight excluding hydrogens is 270 g/mol. The van der Waals surface area contributed by atoms with E-state index in [9.17, 15) is 9.59 Å². The van der Waals surface area contributed by atoms with Crippen LogP contribution in [0.1, 0.15) is 30.6 Å². The number of halogens is 1. The van der Waals surface area contributed by atoms with E-state index in [2.05, 4.69) is 15.6 Å². The van der Waals surface area contributed by atoms with Gasteiger partial charge in [-0.3, -0.25) is 4.79 Å². The van der Waals surface area contributed by atoms with E-state index < -0.39 is 5.97 Å². The number of aromatic carboxylic acids is 1. The van der Waals surface area contributed by atoms with E-state index in [-0.39, 0.29) is 29.1 Å². The van der Waals surface area contributed by atoms with Crippen molar-refractivity contribution in [3.63, 3.8) is 0 Å². The Morgan fingerprint density at radius 1 is 1.42 bits per heavy atom. The Morgan fingerprint density at radius 2 is 2.11 bits per heavy atom. The SMILES string of the molecule is CC(C)NC(=O)CCNc1cc(C(=O)O)cc(Cl)n1. The highest BCUT2D eigenvalue weighted by molar-refractivity contribution is 6.29. The van der Waals surface area contributed by atoms with Gasteiger partial charge in [-0.2, -0.15) is 0 Å². The summed E-state index contributed by atoms with van der Waals surface area (Å²) in [6, 6.07) is 2.73. The fourth-order valence-electron chi connectivity index (χ4n) is 1.41. The molecule has 1 rings (SSSR count). The van der Waals surface area contributed by atoms with Crippen LogP contribution in [0, 0.1) is 0 Å². The normalized spacial score (nSPS) is 10.3. The number of carbonyl (C=O) groups is 2. The Hall–Kier alpha value is -1.82. The molecule has 0 aliphatic rings. The van der Waals surface area contributed by atoms with Crippen LogP contribution in [-0.4, -0.2) is 34.6 Å². The first-order valence-electron chi connectivity index (χ1n) is 5.82. The lowest BCUT2D eigenvalue weighted by molar-refractivity contribution is -0.121. The molecule has 6 nitrogen and oxygen atoms in total. The van der Waals surface area contributed by atoms with Crippen molar-refractivity contribution < 1.29 is 14.7 Å². The van der Waals surface area contributed by atoms with Gasteiger partial charge in [0.25, 0.3) is 0 Å². The van der Waals surface area contributed by atoms with E-state index in [0.29, 0.717) is 12.4 Å². The van der Waals surface area contributed by atoms with Gasteiger partial charge in [-0.25, -0.2) is 9.78 Å². The molecule has 1 aromatic heterocycles. The van der Waals surface area contributed by atoms with Crippen molar-refractivity contribution in [3.8, 4) is 0 Å². The number of pyridine rings is 1. The first-order chi connectivity index (χ1) is 8.88. The van der Waals surface area contributed by atoms with E-state index in [1.165, 1.54) is 12.1 Å². The van der Waals surface area contributed by atoms with Crippen LogP contribution in [0.3, 0.4) is 0 Å². The van der Waals surface area contributed by atoms with Crippen LogP contribution in [0.15, 0.2) is 12.1 Å². The zero-order chi connectivity index (χ0) is 14.4. The van der Waals surface area contributed by atoms with E-state index in [1.54, 1.807) is 0 Å².